The van der Waals surface area contributed by atoms with Crippen molar-refractivity contribution < 1.29 is 19.8 Å². The summed E-state index contributed by atoms with van der Waals surface area (Å²) in [6, 6.07) is 4.29. The van der Waals surface area contributed by atoms with E-state index in [4.69, 9.17) is 0 Å². The lowest BCUT2D eigenvalue weighted by atomic mass is 10.1. The predicted molar refractivity (Wildman–Crippen MR) is 127 cm³/mol. The fraction of sp³-hybridized carbons (Fsp3) is 0.400. The minimum atomic E-state index is -0.839. The maximum Gasteiger partial charge on any atom is 0.303 e. The summed E-state index contributed by atoms with van der Waals surface area (Å²) in [6.45, 7) is 1.71. The van der Waals surface area contributed by atoms with Gasteiger partial charge in [-0.3, -0.25) is 14.6 Å². The van der Waals surface area contributed by atoms with Crippen LogP contribution in [0.3, 0.4) is 0 Å². The molecule has 2 aromatic heterocycles. The van der Waals surface area contributed by atoms with E-state index in [0.29, 0.717) is 12.8 Å². The molecule has 0 saturated carbocycles. The number of rotatable bonds is 10. The van der Waals surface area contributed by atoms with Crippen molar-refractivity contribution in [2.75, 3.05) is 13.1 Å². The fourth-order valence-electron chi connectivity index (χ4n) is 4.36. The first-order valence-electron chi connectivity index (χ1n) is 11.5. The van der Waals surface area contributed by atoms with Crippen LogP contribution in [-0.2, 0) is 28.9 Å². The van der Waals surface area contributed by atoms with E-state index in [0.717, 1.165) is 71.3 Å². The number of aliphatic carboxylic acids is 2. The number of aromatic nitrogens is 2. The average molecular weight is 451 g/mol. The Hall–Kier alpha value is -3.39. The molecule has 2 aromatic rings. The molecule has 5 N–H and O–H groups in total. The number of carboxylic acid groups (broad SMARTS) is 2. The third kappa shape index (κ3) is 6.32. The number of carboxylic acids is 2. The van der Waals surface area contributed by atoms with Gasteiger partial charge in [0.15, 0.2) is 0 Å². The van der Waals surface area contributed by atoms with Gasteiger partial charge in [0.05, 0.1) is 0 Å². The molecule has 174 valence electrons. The lowest BCUT2D eigenvalue weighted by molar-refractivity contribution is -0.138. The molecule has 0 aliphatic carbocycles. The Balaban J connectivity index is 1.70. The fourth-order valence-corrected chi connectivity index (χ4v) is 4.36. The molecule has 0 spiro atoms. The smallest absolute Gasteiger partial charge is 0.303 e. The second kappa shape index (κ2) is 10.5. The average Bonchev–Trinajstić information content (AvgIpc) is 3.55. The number of hydrogen-bond donors (Lipinski definition) is 5. The van der Waals surface area contributed by atoms with Gasteiger partial charge in [0.25, 0.3) is 0 Å². The standard InChI is InChI=1S/C25H30N4O4/c30-24(31)7-5-16-11-20(13-18-3-1-9-26-18)28-22(16)15-23-17(6-8-25(32)33)12-21(29-23)14-19-4-2-10-27-19/h1,3,11-12,14-15,18,26,28-29H,2,4-10,13H2,(H,30,31)(H,32,33). The summed E-state index contributed by atoms with van der Waals surface area (Å²) in [5.41, 5.74) is 4.81. The predicted octanol–water partition coefficient (Wildman–Crippen LogP) is 1.29. The monoisotopic (exact) mass is 450 g/mol. The van der Waals surface area contributed by atoms with Gasteiger partial charge in [0.2, 0.25) is 0 Å². The summed E-state index contributed by atoms with van der Waals surface area (Å²) < 4.78 is 0. The first-order chi connectivity index (χ1) is 16.0. The Morgan fingerprint density at radius 2 is 1.85 bits per heavy atom. The highest BCUT2D eigenvalue weighted by Crippen LogP contribution is 2.17. The molecule has 8 heteroatoms. The maximum atomic E-state index is 11.2. The molecule has 8 nitrogen and oxygen atoms in total. The van der Waals surface area contributed by atoms with Crippen molar-refractivity contribution in [1.29, 1.82) is 0 Å². The van der Waals surface area contributed by atoms with Crippen LogP contribution >= 0.6 is 0 Å². The number of hydrogen-bond acceptors (Lipinski definition) is 4. The van der Waals surface area contributed by atoms with Crippen LogP contribution in [0, 0.1) is 0 Å². The van der Waals surface area contributed by atoms with Crippen LogP contribution in [0.4, 0.5) is 0 Å². The summed E-state index contributed by atoms with van der Waals surface area (Å²) in [5, 5.41) is 23.5. The van der Waals surface area contributed by atoms with Crippen molar-refractivity contribution in [2.45, 2.75) is 51.0 Å². The highest BCUT2D eigenvalue weighted by molar-refractivity contribution is 6.10. The molecule has 0 amide bonds. The highest BCUT2D eigenvalue weighted by atomic mass is 16.4. The number of H-pyrrole nitrogens is 2. The Morgan fingerprint density at radius 3 is 2.52 bits per heavy atom. The number of nitrogens with zero attached hydrogens (tertiary/aromatic N) is 1. The van der Waals surface area contributed by atoms with Crippen molar-refractivity contribution in [1.82, 2.24) is 15.3 Å². The van der Waals surface area contributed by atoms with Gasteiger partial charge in [0, 0.05) is 66.2 Å². The molecule has 4 heterocycles. The van der Waals surface area contributed by atoms with E-state index < -0.39 is 11.9 Å². The molecule has 1 unspecified atom stereocenters. The van der Waals surface area contributed by atoms with E-state index >= 15 is 0 Å². The molecular weight excluding hydrogens is 420 g/mol. The highest BCUT2D eigenvalue weighted by Gasteiger charge is 2.14. The van der Waals surface area contributed by atoms with Gasteiger partial charge in [0.1, 0.15) is 0 Å². The third-order valence-corrected chi connectivity index (χ3v) is 5.98. The van der Waals surface area contributed by atoms with Crippen LogP contribution in [0.5, 0.6) is 0 Å². The van der Waals surface area contributed by atoms with Crippen molar-refractivity contribution in [3.8, 4) is 0 Å². The van der Waals surface area contributed by atoms with Crippen LogP contribution < -0.4 is 16.0 Å². The van der Waals surface area contributed by atoms with E-state index in [9.17, 15) is 19.8 Å². The Labute approximate surface area is 191 Å². The summed E-state index contributed by atoms with van der Waals surface area (Å²) in [6.07, 6.45) is 12.0. The third-order valence-electron chi connectivity index (χ3n) is 5.98. The second-order valence-corrected chi connectivity index (χ2v) is 8.60. The first-order valence-corrected chi connectivity index (χ1v) is 11.5. The number of carbonyl (C=O) groups is 2. The lowest BCUT2D eigenvalue weighted by Gasteiger charge is -2.06. The maximum absolute atomic E-state index is 11.2. The van der Waals surface area contributed by atoms with Crippen molar-refractivity contribution >= 4 is 29.8 Å². The summed E-state index contributed by atoms with van der Waals surface area (Å²) >= 11 is 0. The van der Waals surface area contributed by atoms with Gasteiger partial charge in [-0.15, -0.1) is 0 Å². The van der Waals surface area contributed by atoms with Gasteiger partial charge >= 0.3 is 11.9 Å². The van der Waals surface area contributed by atoms with Crippen LogP contribution in [0.1, 0.15) is 48.2 Å². The second-order valence-electron chi connectivity index (χ2n) is 8.60. The molecule has 4 rings (SSSR count). The van der Waals surface area contributed by atoms with E-state index in [1.165, 1.54) is 0 Å². The molecule has 0 saturated heterocycles. The Bertz CT molecular complexity index is 1200. The van der Waals surface area contributed by atoms with Gasteiger partial charge in [-0.05, 0) is 61.1 Å². The van der Waals surface area contributed by atoms with Gasteiger partial charge in [-0.25, -0.2) is 0 Å². The topological polar surface area (TPSA) is 131 Å². The normalized spacial score (nSPS) is 18.9. The molecular formula is C25H30N4O4. The SMILES string of the molecule is O=C(O)CCc1cc(CC2C=CCN2)[nH]c1C=c1[nH]c(=CC2=NCCC2)cc1CCC(=O)O. The van der Waals surface area contributed by atoms with E-state index in [1.54, 1.807) is 0 Å². The van der Waals surface area contributed by atoms with Crippen molar-refractivity contribution in [2.24, 2.45) is 4.99 Å². The van der Waals surface area contributed by atoms with Gasteiger partial charge in [-0.2, -0.15) is 0 Å². The zero-order chi connectivity index (χ0) is 23.2. The number of aliphatic imine (C=N–C) groups is 1. The largest absolute Gasteiger partial charge is 0.481 e. The number of aromatic amines is 2. The van der Waals surface area contributed by atoms with Crippen LogP contribution in [0.2, 0.25) is 0 Å². The summed E-state index contributed by atoms with van der Waals surface area (Å²) in [4.78, 5) is 33.7. The molecule has 0 fully saturated rings. The molecule has 0 bridgehead atoms. The molecule has 0 aromatic carbocycles. The minimum Gasteiger partial charge on any atom is -0.481 e. The number of aryl methyl sites for hydroxylation is 2. The van der Waals surface area contributed by atoms with Gasteiger partial charge < -0.3 is 25.5 Å². The van der Waals surface area contributed by atoms with Crippen LogP contribution in [0.15, 0.2) is 29.3 Å². The summed E-state index contributed by atoms with van der Waals surface area (Å²) in [7, 11) is 0. The quantitative estimate of drug-likeness (QED) is 0.348. The Morgan fingerprint density at radius 1 is 1.06 bits per heavy atom. The molecule has 1 atom stereocenters. The molecule has 2 aliphatic heterocycles. The minimum absolute atomic E-state index is 0.0423. The molecule has 33 heavy (non-hydrogen) atoms. The van der Waals surface area contributed by atoms with Crippen LogP contribution in [-0.4, -0.2) is 57.0 Å². The van der Waals surface area contributed by atoms with E-state index in [-0.39, 0.29) is 18.9 Å². The van der Waals surface area contributed by atoms with E-state index in [1.807, 2.05) is 24.3 Å². The van der Waals surface area contributed by atoms with Gasteiger partial charge in [-0.1, -0.05) is 12.2 Å². The Kier molecular flexibility index (Phi) is 7.24. The molecule has 2 aliphatic rings. The number of nitrogens with one attached hydrogen (secondary N) is 3. The molecule has 0 radical (unpaired) electrons. The van der Waals surface area contributed by atoms with E-state index in [2.05, 4.69) is 32.4 Å². The van der Waals surface area contributed by atoms with Crippen molar-refractivity contribution in [3.63, 3.8) is 0 Å². The lowest BCUT2D eigenvalue weighted by Crippen LogP contribution is -2.24. The zero-order valence-corrected chi connectivity index (χ0v) is 18.6. The zero-order valence-electron chi connectivity index (χ0n) is 18.6. The van der Waals surface area contributed by atoms with Crippen molar-refractivity contribution in [3.05, 3.63) is 57.5 Å². The first kappa shape index (κ1) is 22.8. The van der Waals surface area contributed by atoms with Crippen LogP contribution in [0.25, 0.3) is 12.2 Å². The summed E-state index contributed by atoms with van der Waals surface area (Å²) in [5.74, 6) is -1.67.